The Morgan fingerprint density at radius 3 is 2.56 bits per heavy atom. The van der Waals surface area contributed by atoms with Crippen LogP contribution in [0.25, 0.3) is 0 Å². The molecule has 0 amide bonds. The van der Waals surface area contributed by atoms with Crippen molar-refractivity contribution in [2.45, 2.75) is 77.7 Å². The van der Waals surface area contributed by atoms with Gasteiger partial charge in [-0.05, 0) is 74.0 Å². The van der Waals surface area contributed by atoms with Crippen LogP contribution in [0.2, 0.25) is 0 Å². The number of ether oxygens (including phenoxy) is 1. The van der Waals surface area contributed by atoms with Crippen molar-refractivity contribution in [3.8, 4) is 0 Å². The van der Waals surface area contributed by atoms with E-state index >= 15 is 0 Å². The van der Waals surface area contributed by atoms with Crippen molar-refractivity contribution < 1.29 is 14.6 Å². The first-order valence-corrected chi connectivity index (χ1v) is 10.5. The van der Waals surface area contributed by atoms with E-state index in [0.717, 1.165) is 43.9 Å². The van der Waals surface area contributed by atoms with Gasteiger partial charge in [0.1, 0.15) is 5.78 Å². The molecule has 4 aliphatic carbocycles. The fourth-order valence-corrected chi connectivity index (χ4v) is 7.99. The van der Waals surface area contributed by atoms with Gasteiger partial charge in [0.25, 0.3) is 0 Å². The molecule has 4 aliphatic rings. The number of aliphatic hydroxyl groups is 1. The predicted octanol–water partition coefficient (Wildman–Crippen LogP) is 4.22. The summed E-state index contributed by atoms with van der Waals surface area (Å²) in [6.45, 7) is 7.45. The summed E-state index contributed by atoms with van der Waals surface area (Å²) in [5.41, 5.74) is -0.312. The average molecular weight is 349 g/mol. The minimum absolute atomic E-state index is 0.00345. The zero-order valence-electron chi connectivity index (χ0n) is 16.5. The van der Waals surface area contributed by atoms with Crippen LogP contribution in [0.4, 0.5) is 0 Å². The number of ketones is 1. The first-order chi connectivity index (χ1) is 11.7. The molecular weight excluding hydrogens is 312 g/mol. The van der Waals surface area contributed by atoms with E-state index in [1.165, 1.54) is 19.3 Å². The molecule has 0 spiro atoms. The fourth-order valence-electron chi connectivity index (χ4n) is 7.99. The molecule has 0 aliphatic heterocycles. The summed E-state index contributed by atoms with van der Waals surface area (Å²) in [6, 6.07) is 0. The van der Waals surface area contributed by atoms with Crippen molar-refractivity contribution in [1.29, 1.82) is 0 Å². The molecule has 4 fully saturated rings. The van der Waals surface area contributed by atoms with Crippen molar-refractivity contribution >= 4 is 5.78 Å². The van der Waals surface area contributed by atoms with Gasteiger partial charge in [-0.1, -0.05) is 20.8 Å². The van der Waals surface area contributed by atoms with Gasteiger partial charge in [0.15, 0.2) is 0 Å². The number of Topliss-reactive ketones (excluding diaryl/α,β-unsaturated/α-hetero) is 1. The Labute approximate surface area is 152 Å². The third-order valence-electron chi connectivity index (χ3n) is 9.51. The number of rotatable bonds is 2. The van der Waals surface area contributed by atoms with Gasteiger partial charge in [-0.2, -0.15) is 0 Å². The van der Waals surface area contributed by atoms with E-state index in [-0.39, 0.29) is 11.3 Å². The molecule has 4 rings (SSSR count). The molecule has 4 saturated carbocycles. The molecule has 142 valence electrons. The smallest absolute Gasteiger partial charge is 0.136 e. The molecule has 25 heavy (non-hydrogen) atoms. The quantitative estimate of drug-likeness (QED) is 0.812. The second-order valence-corrected chi connectivity index (χ2v) is 10.4. The number of fused-ring (bicyclic) bond motifs is 5. The standard InChI is InChI=1S/C22H36O3/c1-14-12-20(2)15(11-19(14)23)5-6-16-17(20)7-9-21(3)18(16)8-10-22(21,24)13-25-4/h14-18,24H,5-13H2,1-4H3/t14-,15-,16+,17-,18+,20+,21+,22-/m1/s1. The third-order valence-corrected chi connectivity index (χ3v) is 9.51. The van der Waals surface area contributed by atoms with Crippen LogP contribution in [0.1, 0.15) is 72.1 Å². The molecule has 0 unspecified atom stereocenters. The summed E-state index contributed by atoms with van der Waals surface area (Å²) in [7, 11) is 1.72. The van der Waals surface area contributed by atoms with Crippen LogP contribution in [0.5, 0.6) is 0 Å². The van der Waals surface area contributed by atoms with Gasteiger partial charge in [-0.15, -0.1) is 0 Å². The van der Waals surface area contributed by atoms with Crippen molar-refractivity contribution in [2.24, 2.45) is 40.4 Å². The summed E-state index contributed by atoms with van der Waals surface area (Å²) in [5.74, 6) is 3.42. The minimum atomic E-state index is -0.648. The van der Waals surface area contributed by atoms with Crippen LogP contribution in [0, 0.1) is 40.4 Å². The minimum Gasteiger partial charge on any atom is -0.387 e. The monoisotopic (exact) mass is 348 g/mol. The van der Waals surface area contributed by atoms with Gasteiger partial charge in [0.05, 0.1) is 12.2 Å². The molecule has 1 N–H and O–H groups in total. The lowest BCUT2D eigenvalue weighted by molar-refractivity contribution is -0.172. The van der Waals surface area contributed by atoms with E-state index < -0.39 is 5.60 Å². The Morgan fingerprint density at radius 2 is 1.84 bits per heavy atom. The van der Waals surface area contributed by atoms with Crippen LogP contribution in [0.15, 0.2) is 0 Å². The Hall–Kier alpha value is -0.410. The number of hydrogen-bond acceptors (Lipinski definition) is 3. The maximum Gasteiger partial charge on any atom is 0.136 e. The zero-order valence-corrected chi connectivity index (χ0v) is 16.5. The highest BCUT2D eigenvalue weighted by Gasteiger charge is 2.64. The number of hydrogen-bond donors (Lipinski definition) is 1. The Balaban J connectivity index is 1.63. The first-order valence-electron chi connectivity index (χ1n) is 10.5. The van der Waals surface area contributed by atoms with Crippen molar-refractivity contribution in [2.75, 3.05) is 13.7 Å². The lowest BCUT2D eigenvalue weighted by Gasteiger charge is -2.61. The summed E-state index contributed by atoms with van der Waals surface area (Å²) in [6.07, 6.45) is 8.75. The summed E-state index contributed by atoms with van der Waals surface area (Å²) in [4.78, 5) is 12.3. The van der Waals surface area contributed by atoms with Gasteiger partial charge in [-0.3, -0.25) is 4.79 Å². The molecule has 0 aromatic carbocycles. The van der Waals surface area contributed by atoms with E-state index in [2.05, 4.69) is 20.8 Å². The molecular formula is C22H36O3. The van der Waals surface area contributed by atoms with Crippen LogP contribution < -0.4 is 0 Å². The highest BCUT2D eigenvalue weighted by Crippen LogP contribution is 2.68. The van der Waals surface area contributed by atoms with E-state index in [4.69, 9.17) is 4.74 Å². The second kappa shape index (κ2) is 5.79. The maximum absolute atomic E-state index is 12.3. The Bertz CT molecular complexity index is 559. The summed E-state index contributed by atoms with van der Waals surface area (Å²) < 4.78 is 5.42. The second-order valence-electron chi connectivity index (χ2n) is 10.4. The van der Waals surface area contributed by atoms with Gasteiger partial charge >= 0.3 is 0 Å². The summed E-state index contributed by atoms with van der Waals surface area (Å²) >= 11 is 0. The van der Waals surface area contributed by atoms with Crippen molar-refractivity contribution in [3.05, 3.63) is 0 Å². The van der Waals surface area contributed by atoms with E-state index in [1.54, 1.807) is 7.11 Å². The number of carbonyl (C=O) groups excluding carboxylic acids is 1. The number of carbonyl (C=O) groups is 1. The van der Waals surface area contributed by atoms with E-state index in [0.29, 0.717) is 29.6 Å². The SMILES string of the molecule is COC[C@]1(O)CC[C@H]2[C@H]3CC[C@@H]4CC(=O)[C@H](C)C[C@]4(C)[C@@H]3CC[C@@]21C. The molecule has 0 bridgehead atoms. The molecule has 3 nitrogen and oxygen atoms in total. The molecule has 0 aromatic rings. The van der Waals surface area contributed by atoms with Crippen LogP contribution in [-0.4, -0.2) is 30.2 Å². The molecule has 0 radical (unpaired) electrons. The average Bonchev–Trinajstić information content (AvgIpc) is 2.81. The maximum atomic E-state index is 12.3. The molecule has 3 heteroatoms. The zero-order chi connectivity index (χ0) is 18.0. The molecule has 8 atom stereocenters. The van der Waals surface area contributed by atoms with Crippen LogP contribution >= 0.6 is 0 Å². The van der Waals surface area contributed by atoms with Gasteiger partial charge in [0.2, 0.25) is 0 Å². The Kier molecular flexibility index (Phi) is 4.16. The number of methoxy groups -OCH3 is 1. The normalized spacial score (nSPS) is 55.4. The lowest BCUT2D eigenvalue weighted by Crippen LogP contribution is -2.58. The molecule has 0 aromatic heterocycles. The first kappa shape index (κ1) is 18.0. The topological polar surface area (TPSA) is 46.5 Å². The van der Waals surface area contributed by atoms with Crippen molar-refractivity contribution in [1.82, 2.24) is 0 Å². The van der Waals surface area contributed by atoms with E-state index in [1.807, 2.05) is 0 Å². The largest absolute Gasteiger partial charge is 0.387 e. The summed E-state index contributed by atoms with van der Waals surface area (Å²) in [5, 5.41) is 11.3. The predicted molar refractivity (Wildman–Crippen MR) is 98.1 cm³/mol. The van der Waals surface area contributed by atoms with Gasteiger partial charge in [-0.25, -0.2) is 0 Å². The van der Waals surface area contributed by atoms with Crippen LogP contribution in [0.3, 0.4) is 0 Å². The molecule has 0 saturated heterocycles. The fraction of sp³-hybridized carbons (Fsp3) is 0.955. The van der Waals surface area contributed by atoms with E-state index in [9.17, 15) is 9.90 Å². The van der Waals surface area contributed by atoms with Crippen molar-refractivity contribution in [3.63, 3.8) is 0 Å². The van der Waals surface area contributed by atoms with Gasteiger partial charge in [0, 0.05) is 24.9 Å². The highest BCUT2D eigenvalue weighted by atomic mass is 16.5. The van der Waals surface area contributed by atoms with Crippen LogP contribution in [-0.2, 0) is 9.53 Å². The highest BCUT2D eigenvalue weighted by molar-refractivity contribution is 5.82. The molecule has 0 heterocycles. The lowest BCUT2D eigenvalue weighted by atomic mass is 9.44. The Morgan fingerprint density at radius 1 is 1.12 bits per heavy atom. The van der Waals surface area contributed by atoms with Gasteiger partial charge < -0.3 is 9.84 Å². The third kappa shape index (κ3) is 2.34.